The summed E-state index contributed by atoms with van der Waals surface area (Å²) in [5.74, 6) is 0.165. The maximum atomic E-state index is 12.5. The maximum Gasteiger partial charge on any atom is 0.256 e. The van der Waals surface area contributed by atoms with E-state index < -0.39 is 0 Å². The predicted octanol–water partition coefficient (Wildman–Crippen LogP) is 3.97. The lowest BCUT2D eigenvalue weighted by molar-refractivity contribution is -0.114. The van der Waals surface area contributed by atoms with Crippen LogP contribution in [0.2, 0.25) is 0 Å². The second kappa shape index (κ2) is 7.62. The van der Waals surface area contributed by atoms with E-state index in [1.54, 1.807) is 52.5 Å². The summed E-state index contributed by atoms with van der Waals surface area (Å²) in [6.45, 7) is 2.00. The molecule has 6 nitrogen and oxygen atoms in total. The molecular weight excluding hydrogens is 404 g/mol. The number of carbonyl (C=O) groups excluding carboxylic acids is 2. The lowest BCUT2D eigenvalue weighted by Gasteiger charge is -2.09. The Morgan fingerprint density at radius 2 is 2.08 bits per heavy atom. The number of amides is 2. The first-order chi connectivity index (χ1) is 12.0. The quantitative estimate of drug-likeness (QED) is 0.657. The molecule has 1 aromatic carbocycles. The topological polar surface area (TPSA) is 76.0 Å². The molecular formula is C17H15BrN4O2S. The average Bonchev–Trinajstić information content (AvgIpc) is 3.16. The predicted molar refractivity (Wildman–Crippen MR) is 102 cm³/mol. The van der Waals surface area contributed by atoms with Crippen molar-refractivity contribution in [1.29, 1.82) is 0 Å². The number of carbonyl (C=O) groups is 2. The van der Waals surface area contributed by atoms with Crippen LogP contribution in [0.4, 0.5) is 11.5 Å². The van der Waals surface area contributed by atoms with Crippen molar-refractivity contribution in [1.82, 2.24) is 9.78 Å². The highest BCUT2D eigenvalue weighted by Gasteiger charge is 2.11. The largest absolute Gasteiger partial charge is 0.326 e. The Morgan fingerprint density at radius 1 is 1.24 bits per heavy atom. The number of hydrogen-bond donors (Lipinski definition) is 2. The first kappa shape index (κ1) is 17.4. The van der Waals surface area contributed by atoms with Gasteiger partial charge < -0.3 is 10.6 Å². The third-order valence-corrected chi connectivity index (χ3v) is 5.01. The van der Waals surface area contributed by atoms with Gasteiger partial charge in [-0.05, 0) is 40.2 Å². The standard InChI is InChI=1S/C17H15BrN4O2S/c1-11(23)20-14-4-2-3-12(7-14)17(24)21-16-5-6-19-22(16)9-15-8-13(18)10-25-15/h2-8,10H,9H2,1H3,(H,20,23)(H,21,24). The molecule has 0 unspecified atom stereocenters. The van der Waals surface area contributed by atoms with E-state index in [4.69, 9.17) is 0 Å². The summed E-state index contributed by atoms with van der Waals surface area (Å²) in [6, 6.07) is 10.6. The van der Waals surface area contributed by atoms with Crippen LogP contribution in [-0.2, 0) is 11.3 Å². The molecule has 0 fully saturated rings. The molecule has 128 valence electrons. The number of anilines is 2. The summed E-state index contributed by atoms with van der Waals surface area (Å²) in [5, 5.41) is 11.8. The van der Waals surface area contributed by atoms with Crippen molar-refractivity contribution in [2.45, 2.75) is 13.5 Å². The van der Waals surface area contributed by atoms with E-state index in [0.29, 0.717) is 23.6 Å². The molecule has 8 heteroatoms. The van der Waals surface area contributed by atoms with Crippen LogP contribution in [0.15, 0.2) is 52.4 Å². The molecule has 3 rings (SSSR count). The molecule has 2 N–H and O–H groups in total. The minimum atomic E-state index is -0.263. The van der Waals surface area contributed by atoms with Gasteiger partial charge in [-0.1, -0.05) is 6.07 Å². The van der Waals surface area contributed by atoms with Crippen molar-refractivity contribution < 1.29 is 9.59 Å². The van der Waals surface area contributed by atoms with Gasteiger partial charge in [0.05, 0.1) is 12.7 Å². The maximum absolute atomic E-state index is 12.5. The Labute approximate surface area is 157 Å². The van der Waals surface area contributed by atoms with E-state index >= 15 is 0 Å². The van der Waals surface area contributed by atoms with E-state index in [0.717, 1.165) is 9.35 Å². The van der Waals surface area contributed by atoms with Gasteiger partial charge in [0.25, 0.3) is 5.91 Å². The zero-order valence-corrected chi connectivity index (χ0v) is 15.7. The Bertz CT molecular complexity index is 919. The third kappa shape index (κ3) is 4.55. The normalized spacial score (nSPS) is 10.5. The molecule has 25 heavy (non-hydrogen) atoms. The van der Waals surface area contributed by atoms with Gasteiger partial charge in [-0.25, -0.2) is 4.68 Å². The fourth-order valence-electron chi connectivity index (χ4n) is 2.28. The highest BCUT2D eigenvalue weighted by Crippen LogP contribution is 2.22. The lowest BCUT2D eigenvalue weighted by Crippen LogP contribution is -2.16. The zero-order valence-electron chi connectivity index (χ0n) is 13.3. The lowest BCUT2D eigenvalue weighted by atomic mass is 10.2. The van der Waals surface area contributed by atoms with Crippen molar-refractivity contribution in [2.75, 3.05) is 10.6 Å². The number of nitrogens with one attached hydrogen (secondary N) is 2. The molecule has 0 aliphatic heterocycles. The fraction of sp³-hybridized carbons (Fsp3) is 0.118. The Hall–Kier alpha value is -2.45. The van der Waals surface area contributed by atoms with Gasteiger partial charge in [0.1, 0.15) is 5.82 Å². The van der Waals surface area contributed by atoms with Crippen LogP contribution in [0.25, 0.3) is 0 Å². The molecule has 0 saturated heterocycles. The molecule has 3 aromatic rings. The van der Waals surface area contributed by atoms with Gasteiger partial charge >= 0.3 is 0 Å². The van der Waals surface area contributed by atoms with Crippen molar-refractivity contribution in [2.24, 2.45) is 0 Å². The van der Waals surface area contributed by atoms with Crippen molar-refractivity contribution in [3.8, 4) is 0 Å². The molecule has 0 spiro atoms. The number of thiophene rings is 1. The van der Waals surface area contributed by atoms with Crippen LogP contribution in [0.3, 0.4) is 0 Å². The van der Waals surface area contributed by atoms with E-state index in [1.807, 2.05) is 11.4 Å². The summed E-state index contributed by atoms with van der Waals surface area (Å²) in [4.78, 5) is 24.8. The molecule has 2 aromatic heterocycles. The fourth-order valence-corrected chi connectivity index (χ4v) is 3.71. The molecule has 0 aliphatic carbocycles. The first-order valence-corrected chi connectivity index (χ1v) is 9.12. The van der Waals surface area contributed by atoms with Gasteiger partial charge in [-0.2, -0.15) is 5.10 Å². The van der Waals surface area contributed by atoms with Gasteiger partial charge in [0, 0.05) is 39.0 Å². The Morgan fingerprint density at radius 3 is 2.80 bits per heavy atom. The number of rotatable bonds is 5. The van der Waals surface area contributed by atoms with Crippen LogP contribution in [0, 0.1) is 0 Å². The molecule has 2 amide bonds. The number of nitrogens with zero attached hydrogens (tertiary/aromatic N) is 2. The second-order valence-electron chi connectivity index (χ2n) is 5.32. The van der Waals surface area contributed by atoms with Gasteiger partial charge in [-0.3, -0.25) is 9.59 Å². The van der Waals surface area contributed by atoms with Gasteiger partial charge in [0.2, 0.25) is 5.91 Å². The number of benzene rings is 1. The van der Waals surface area contributed by atoms with Gasteiger partial charge in [0.15, 0.2) is 0 Å². The zero-order chi connectivity index (χ0) is 17.8. The molecule has 0 radical (unpaired) electrons. The number of halogens is 1. The van der Waals surface area contributed by atoms with Crippen LogP contribution in [-0.4, -0.2) is 21.6 Å². The van der Waals surface area contributed by atoms with Crippen LogP contribution in [0.1, 0.15) is 22.2 Å². The smallest absolute Gasteiger partial charge is 0.256 e. The van der Waals surface area contributed by atoms with E-state index in [2.05, 4.69) is 31.7 Å². The minimum Gasteiger partial charge on any atom is -0.326 e. The summed E-state index contributed by atoms with van der Waals surface area (Å²) < 4.78 is 2.76. The van der Waals surface area contributed by atoms with Crippen molar-refractivity contribution in [3.63, 3.8) is 0 Å². The monoisotopic (exact) mass is 418 g/mol. The van der Waals surface area contributed by atoms with Crippen LogP contribution < -0.4 is 10.6 Å². The van der Waals surface area contributed by atoms with E-state index in [1.165, 1.54) is 6.92 Å². The van der Waals surface area contributed by atoms with E-state index in [-0.39, 0.29) is 11.8 Å². The molecule has 0 aliphatic rings. The first-order valence-electron chi connectivity index (χ1n) is 7.45. The molecule has 0 bridgehead atoms. The highest BCUT2D eigenvalue weighted by atomic mass is 79.9. The summed E-state index contributed by atoms with van der Waals surface area (Å²) in [6.07, 6.45) is 1.64. The van der Waals surface area contributed by atoms with Crippen molar-refractivity contribution in [3.05, 3.63) is 62.9 Å². The van der Waals surface area contributed by atoms with Gasteiger partial charge in [-0.15, -0.1) is 11.3 Å². The minimum absolute atomic E-state index is 0.183. The Balaban J connectivity index is 1.73. The van der Waals surface area contributed by atoms with Crippen molar-refractivity contribution >= 4 is 50.6 Å². The third-order valence-electron chi connectivity index (χ3n) is 3.33. The second-order valence-corrected chi connectivity index (χ2v) is 7.23. The number of hydrogen-bond acceptors (Lipinski definition) is 4. The molecule has 0 atom stereocenters. The Kier molecular flexibility index (Phi) is 5.30. The van der Waals surface area contributed by atoms with Crippen LogP contribution in [0.5, 0.6) is 0 Å². The summed E-state index contributed by atoms with van der Waals surface area (Å²) in [5.41, 5.74) is 1.04. The average molecular weight is 419 g/mol. The number of aromatic nitrogens is 2. The molecule has 0 saturated carbocycles. The van der Waals surface area contributed by atoms with Crippen LogP contribution >= 0.6 is 27.3 Å². The highest BCUT2D eigenvalue weighted by molar-refractivity contribution is 9.10. The molecule has 2 heterocycles. The SMILES string of the molecule is CC(=O)Nc1cccc(C(=O)Nc2ccnn2Cc2cc(Br)cs2)c1. The summed E-state index contributed by atoms with van der Waals surface area (Å²) >= 11 is 5.05. The summed E-state index contributed by atoms with van der Waals surface area (Å²) in [7, 11) is 0. The van der Waals surface area contributed by atoms with E-state index in [9.17, 15) is 9.59 Å².